The van der Waals surface area contributed by atoms with Crippen LogP contribution in [0.4, 0.5) is 0 Å². The lowest BCUT2D eigenvalue weighted by molar-refractivity contribution is 0.314. The summed E-state index contributed by atoms with van der Waals surface area (Å²) in [5.41, 5.74) is 4.29. The van der Waals surface area contributed by atoms with Gasteiger partial charge < -0.3 is 10.2 Å². The van der Waals surface area contributed by atoms with E-state index < -0.39 is 0 Å². The van der Waals surface area contributed by atoms with Crippen LogP contribution in [-0.2, 0) is 6.54 Å². The Balaban J connectivity index is 1.99. The first-order valence-electron chi connectivity index (χ1n) is 5.69. The Morgan fingerprint density at radius 1 is 1.24 bits per heavy atom. The highest BCUT2D eigenvalue weighted by molar-refractivity contribution is 5.33. The summed E-state index contributed by atoms with van der Waals surface area (Å²) >= 11 is 0. The maximum atomic E-state index is 5.68. The quantitative estimate of drug-likeness (QED) is 0.825. The standard InChI is InChI=1S/C12H16N4O/c1-2-7-17-12-6-4-3-5-11(12)8-15-16-9-13-14-10-16/h3-6,9-10,15H,2,7-8H2,1H3. The lowest BCUT2D eigenvalue weighted by atomic mass is 10.2. The van der Waals surface area contributed by atoms with Crippen molar-refractivity contribution in [1.29, 1.82) is 0 Å². The van der Waals surface area contributed by atoms with Gasteiger partial charge in [-0.3, -0.25) is 0 Å². The Bertz CT molecular complexity index is 442. The van der Waals surface area contributed by atoms with E-state index in [0.29, 0.717) is 6.54 Å². The number of para-hydroxylation sites is 1. The second-order valence-corrected chi connectivity index (χ2v) is 3.66. The molecule has 0 bridgehead atoms. The van der Waals surface area contributed by atoms with Crippen molar-refractivity contribution in [2.45, 2.75) is 19.9 Å². The molecule has 5 heteroatoms. The molecular formula is C12H16N4O. The molecule has 0 saturated carbocycles. The highest BCUT2D eigenvalue weighted by atomic mass is 16.5. The molecule has 1 heterocycles. The molecule has 0 unspecified atom stereocenters. The smallest absolute Gasteiger partial charge is 0.138 e. The van der Waals surface area contributed by atoms with Gasteiger partial charge in [-0.05, 0) is 12.5 Å². The number of rotatable bonds is 6. The van der Waals surface area contributed by atoms with Crippen molar-refractivity contribution >= 4 is 0 Å². The summed E-state index contributed by atoms with van der Waals surface area (Å²) in [6.07, 6.45) is 4.25. The van der Waals surface area contributed by atoms with Crippen molar-refractivity contribution in [2.24, 2.45) is 0 Å². The van der Waals surface area contributed by atoms with E-state index in [1.807, 2.05) is 24.3 Å². The predicted molar refractivity (Wildman–Crippen MR) is 65.3 cm³/mol. The number of ether oxygens (including phenoxy) is 1. The minimum absolute atomic E-state index is 0.678. The number of benzene rings is 1. The molecule has 0 aliphatic carbocycles. The molecule has 0 saturated heterocycles. The summed E-state index contributed by atoms with van der Waals surface area (Å²) in [4.78, 5) is 0. The second-order valence-electron chi connectivity index (χ2n) is 3.66. The summed E-state index contributed by atoms with van der Waals surface area (Å²) in [5, 5.41) is 7.45. The van der Waals surface area contributed by atoms with E-state index in [9.17, 15) is 0 Å². The van der Waals surface area contributed by atoms with Crippen LogP contribution in [0.5, 0.6) is 5.75 Å². The van der Waals surface area contributed by atoms with E-state index in [0.717, 1.165) is 24.3 Å². The topological polar surface area (TPSA) is 52.0 Å². The molecule has 0 amide bonds. The van der Waals surface area contributed by atoms with Gasteiger partial charge in [0.1, 0.15) is 18.4 Å². The Morgan fingerprint density at radius 2 is 2.00 bits per heavy atom. The van der Waals surface area contributed by atoms with Gasteiger partial charge in [0, 0.05) is 5.56 Å². The summed E-state index contributed by atoms with van der Waals surface area (Å²) in [6, 6.07) is 8.01. The van der Waals surface area contributed by atoms with Crippen LogP contribution >= 0.6 is 0 Å². The van der Waals surface area contributed by atoms with E-state index >= 15 is 0 Å². The van der Waals surface area contributed by atoms with Crippen molar-refractivity contribution in [2.75, 3.05) is 12.0 Å². The normalized spacial score (nSPS) is 10.2. The molecule has 2 aromatic rings. The first kappa shape index (κ1) is 11.4. The molecular weight excluding hydrogens is 216 g/mol. The Hall–Kier alpha value is -2.04. The van der Waals surface area contributed by atoms with Crippen LogP contribution in [0.25, 0.3) is 0 Å². The third-order valence-corrected chi connectivity index (χ3v) is 2.31. The number of nitrogens with one attached hydrogen (secondary N) is 1. The van der Waals surface area contributed by atoms with Crippen LogP contribution in [0.2, 0.25) is 0 Å². The molecule has 0 spiro atoms. The number of hydrogen-bond donors (Lipinski definition) is 1. The van der Waals surface area contributed by atoms with Crippen molar-refractivity contribution in [3.05, 3.63) is 42.5 Å². The molecule has 2 rings (SSSR count). The fraction of sp³-hybridized carbons (Fsp3) is 0.333. The van der Waals surface area contributed by atoms with Crippen molar-refractivity contribution < 1.29 is 4.74 Å². The van der Waals surface area contributed by atoms with Crippen molar-refractivity contribution in [3.63, 3.8) is 0 Å². The first-order chi connectivity index (χ1) is 8.40. The molecule has 17 heavy (non-hydrogen) atoms. The van der Waals surface area contributed by atoms with Gasteiger partial charge in [-0.15, -0.1) is 10.2 Å². The Morgan fingerprint density at radius 3 is 2.76 bits per heavy atom. The lowest BCUT2D eigenvalue weighted by Gasteiger charge is -2.12. The fourth-order valence-electron chi connectivity index (χ4n) is 1.46. The molecule has 0 aliphatic heterocycles. The largest absolute Gasteiger partial charge is 0.493 e. The number of hydrogen-bond acceptors (Lipinski definition) is 4. The average Bonchev–Trinajstić information content (AvgIpc) is 2.88. The molecule has 1 N–H and O–H groups in total. The van der Waals surface area contributed by atoms with Gasteiger partial charge in [0.2, 0.25) is 0 Å². The second kappa shape index (κ2) is 5.89. The first-order valence-corrected chi connectivity index (χ1v) is 5.69. The van der Waals surface area contributed by atoms with Gasteiger partial charge in [0.15, 0.2) is 0 Å². The van der Waals surface area contributed by atoms with Gasteiger partial charge in [0.25, 0.3) is 0 Å². The van der Waals surface area contributed by atoms with Gasteiger partial charge in [-0.2, -0.15) is 0 Å². The van der Waals surface area contributed by atoms with Crippen molar-refractivity contribution in [3.8, 4) is 5.75 Å². The maximum absolute atomic E-state index is 5.68. The van der Waals surface area contributed by atoms with Gasteiger partial charge in [-0.25, -0.2) is 4.68 Å². The summed E-state index contributed by atoms with van der Waals surface area (Å²) in [6.45, 7) is 3.51. The van der Waals surface area contributed by atoms with E-state index in [1.165, 1.54) is 0 Å². The van der Waals surface area contributed by atoms with Crippen LogP contribution < -0.4 is 10.2 Å². The molecule has 1 aromatic heterocycles. The van der Waals surface area contributed by atoms with Gasteiger partial charge >= 0.3 is 0 Å². The Kier molecular flexibility index (Phi) is 3.96. The zero-order chi connectivity index (χ0) is 11.9. The van der Waals surface area contributed by atoms with E-state index in [4.69, 9.17) is 4.74 Å². The van der Waals surface area contributed by atoms with Gasteiger partial charge in [0.05, 0.1) is 13.2 Å². The zero-order valence-electron chi connectivity index (χ0n) is 9.84. The summed E-state index contributed by atoms with van der Waals surface area (Å²) in [5.74, 6) is 0.926. The van der Waals surface area contributed by atoms with Crippen LogP contribution in [0.15, 0.2) is 36.9 Å². The number of aromatic nitrogens is 3. The third kappa shape index (κ3) is 3.21. The zero-order valence-corrected chi connectivity index (χ0v) is 9.84. The molecule has 1 aromatic carbocycles. The summed E-state index contributed by atoms with van der Waals surface area (Å²) in [7, 11) is 0. The minimum atomic E-state index is 0.678. The summed E-state index contributed by atoms with van der Waals surface area (Å²) < 4.78 is 7.39. The third-order valence-electron chi connectivity index (χ3n) is 2.31. The molecule has 0 aliphatic rings. The fourth-order valence-corrected chi connectivity index (χ4v) is 1.46. The van der Waals surface area contributed by atoms with Gasteiger partial charge in [-0.1, -0.05) is 25.1 Å². The molecule has 0 radical (unpaired) electrons. The predicted octanol–water partition coefficient (Wildman–Crippen LogP) is 1.81. The molecule has 90 valence electrons. The van der Waals surface area contributed by atoms with Crippen LogP contribution in [0.1, 0.15) is 18.9 Å². The lowest BCUT2D eigenvalue weighted by Crippen LogP contribution is -2.13. The Labute approximate surface area is 100 Å². The minimum Gasteiger partial charge on any atom is -0.493 e. The van der Waals surface area contributed by atoms with E-state index in [-0.39, 0.29) is 0 Å². The van der Waals surface area contributed by atoms with Crippen molar-refractivity contribution in [1.82, 2.24) is 14.9 Å². The molecule has 0 atom stereocenters. The monoisotopic (exact) mass is 232 g/mol. The maximum Gasteiger partial charge on any atom is 0.138 e. The van der Waals surface area contributed by atoms with E-state index in [1.54, 1.807) is 17.3 Å². The van der Waals surface area contributed by atoms with E-state index in [2.05, 4.69) is 22.5 Å². The SMILES string of the molecule is CCCOc1ccccc1CNn1cnnc1. The highest BCUT2D eigenvalue weighted by Crippen LogP contribution is 2.18. The molecule has 5 nitrogen and oxygen atoms in total. The highest BCUT2D eigenvalue weighted by Gasteiger charge is 2.02. The molecule has 0 fully saturated rings. The van der Waals surface area contributed by atoms with Crippen LogP contribution in [-0.4, -0.2) is 21.5 Å². The number of nitrogens with zero attached hydrogens (tertiary/aromatic N) is 3. The average molecular weight is 232 g/mol. The van der Waals surface area contributed by atoms with Crippen LogP contribution in [0.3, 0.4) is 0 Å². The van der Waals surface area contributed by atoms with Crippen LogP contribution in [0, 0.1) is 0 Å².